The highest BCUT2D eigenvalue weighted by Crippen LogP contribution is 2.29. The summed E-state index contributed by atoms with van der Waals surface area (Å²) >= 11 is 13.1. The van der Waals surface area contributed by atoms with Gasteiger partial charge in [0.05, 0.1) is 10.6 Å². The number of anilines is 1. The maximum absolute atomic E-state index is 14.5. The van der Waals surface area contributed by atoms with Crippen LogP contribution >= 0.6 is 23.2 Å². The number of hydrogen-bond acceptors (Lipinski definition) is 4. The molecule has 7 nitrogen and oxygen atoms in total. The van der Waals surface area contributed by atoms with Gasteiger partial charge in [-0.3, -0.25) is 13.9 Å². The second kappa shape index (κ2) is 14.8. The van der Waals surface area contributed by atoms with Crippen molar-refractivity contribution in [3.05, 3.63) is 130 Å². The zero-order valence-corrected chi connectivity index (χ0v) is 27.1. The summed E-state index contributed by atoms with van der Waals surface area (Å²) in [6.45, 7) is 4.84. The smallest absolute Gasteiger partial charge is 0.264 e. The lowest BCUT2D eigenvalue weighted by Crippen LogP contribution is -2.54. The number of sulfonamides is 1. The number of aryl methyl sites for hydroxylation is 1. The van der Waals surface area contributed by atoms with Crippen LogP contribution in [0.4, 0.5) is 5.69 Å². The molecule has 230 valence electrons. The first kappa shape index (κ1) is 33.1. The van der Waals surface area contributed by atoms with Gasteiger partial charge in [0.2, 0.25) is 11.8 Å². The van der Waals surface area contributed by atoms with E-state index in [9.17, 15) is 18.0 Å². The summed E-state index contributed by atoms with van der Waals surface area (Å²) in [5, 5.41) is 3.58. The summed E-state index contributed by atoms with van der Waals surface area (Å²) in [7, 11) is -4.18. The standard InChI is InChI=1S/C34H35Cl2N3O4S/c1-24(2)37-34(41)32(21-26-11-6-4-7-12-26)38(22-29-30(35)15-10-16-31(29)36)33(40)23-39(27-13-8-5-9-14-27)44(42,43)28-19-17-25(3)18-20-28/h4-20,24,32H,21-23H2,1-3H3,(H,37,41). The third-order valence-corrected chi connectivity index (χ3v) is 9.52. The fraction of sp³-hybridized carbons (Fsp3) is 0.235. The molecule has 0 aliphatic carbocycles. The molecule has 44 heavy (non-hydrogen) atoms. The van der Waals surface area contributed by atoms with Crippen molar-refractivity contribution in [3.63, 3.8) is 0 Å². The predicted molar refractivity (Wildman–Crippen MR) is 176 cm³/mol. The fourth-order valence-corrected chi connectivity index (χ4v) is 6.68. The van der Waals surface area contributed by atoms with Gasteiger partial charge < -0.3 is 10.2 Å². The van der Waals surface area contributed by atoms with Crippen LogP contribution < -0.4 is 9.62 Å². The molecule has 4 rings (SSSR count). The third kappa shape index (κ3) is 8.20. The number of carbonyl (C=O) groups is 2. The molecule has 10 heteroatoms. The van der Waals surface area contributed by atoms with Crippen LogP contribution in [0.1, 0.15) is 30.5 Å². The van der Waals surface area contributed by atoms with Gasteiger partial charge in [-0.15, -0.1) is 0 Å². The van der Waals surface area contributed by atoms with Crippen LogP contribution in [-0.4, -0.2) is 43.8 Å². The summed E-state index contributed by atoms with van der Waals surface area (Å²) in [6, 6.07) is 28.0. The average Bonchev–Trinajstić information content (AvgIpc) is 2.99. The summed E-state index contributed by atoms with van der Waals surface area (Å²) in [4.78, 5) is 29.6. The molecule has 0 radical (unpaired) electrons. The van der Waals surface area contributed by atoms with Crippen molar-refractivity contribution in [2.24, 2.45) is 0 Å². The third-order valence-electron chi connectivity index (χ3n) is 7.02. The minimum atomic E-state index is -4.18. The number of hydrogen-bond donors (Lipinski definition) is 1. The van der Waals surface area contributed by atoms with Crippen LogP contribution in [-0.2, 0) is 32.6 Å². The minimum Gasteiger partial charge on any atom is -0.352 e. The van der Waals surface area contributed by atoms with E-state index >= 15 is 0 Å². The molecule has 0 aliphatic rings. The molecule has 0 aliphatic heterocycles. The second-order valence-corrected chi connectivity index (χ2v) is 13.4. The van der Waals surface area contributed by atoms with Crippen molar-refractivity contribution in [3.8, 4) is 0 Å². The Hall–Kier alpha value is -3.85. The molecule has 1 N–H and O–H groups in total. The van der Waals surface area contributed by atoms with E-state index in [1.54, 1.807) is 60.7 Å². The number of nitrogens with one attached hydrogen (secondary N) is 1. The Morgan fingerprint density at radius 1 is 0.795 bits per heavy atom. The molecule has 0 spiro atoms. The Kier molecular flexibility index (Phi) is 11.1. The molecule has 0 fully saturated rings. The molecule has 0 saturated heterocycles. The van der Waals surface area contributed by atoms with Crippen molar-refractivity contribution in [2.75, 3.05) is 10.8 Å². The van der Waals surface area contributed by atoms with Crippen LogP contribution in [0.5, 0.6) is 0 Å². The Morgan fingerprint density at radius 3 is 1.93 bits per heavy atom. The maximum Gasteiger partial charge on any atom is 0.264 e. The number of carbonyl (C=O) groups excluding carboxylic acids is 2. The van der Waals surface area contributed by atoms with Gasteiger partial charge >= 0.3 is 0 Å². The summed E-state index contributed by atoms with van der Waals surface area (Å²) in [5.74, 6) is -0.978. The Morgan fingerprint density at radius 2 is 1.36 bits per heavy atom. The molecule has 2 amide bonds. The van der Waals surface area contributed by atoms with E-state index in [2.05, 4.69) is 5.32 Å². The molecule has 4 aromatic carbocycles. The lowest BCUT2D eigenvalue weighted by molar-refractivity contribution is -0.140. The Bertz CT molecular complexity index is 1660. The van der Waals surface area contributed by atoms with Crippen molar-refractivity contribution in [2.45, 2.75) is 50.7 Å². The van der Waals surface area contributed by atoms with Crippen molar-refractivity contribution < 1.29 is 18.0 Å². The average molecular weight is 653 g/mol. The monoisotopic (exact) mass is 651 g/mol. The van der Waals surface area contributed by atoms with Crippen LogP contribution in [0, 0.1) is 6.92 Å². The Balaban J connectivity index is 1.82. The van der Waals surface area contributed by atoms with E-state index in [1.165, 1.54) is 17.0 Å². The van der Waals surface area contributed by atoms with Gasteiger partial charge in [0.1, 0.15) is 12.6 Å². The number of benzene rings is 4. The molecular weight excluding hydrogens is 617 g/mol. The number of nitrogens with zero attached hydrogens (tertiary/aromatic N) is 2. The lowest BCUT2D eigenvalue weighted by Gasteiger charge is -2.34. The van der Waals surface area contributed by atoms with Crippen LogP contribution in [0.25, 0.3) is 0 Å². The van der Waals surface area contributed by atoms with Gasteiger partial charge in [0, 0.05) is 34.6 Å². The van der Waals surface area contributed by atoms with Crippen LogP contribution in [0.2, 0.25) is 10.0 Å². The summed E-state index contributed by atoms with van der Waals surface area (Å²) in [5.41, 5.74) is 2.48. The maximum atomic E-state index is 14.5. The molecule has 0 heterocycles. The second-order valence-electron chi connectivity index (χ2n) is 10.8. The van der Waals surface area contributed by atoms with Crippen LogP contribution in [0.15, 0.2) is 108 Å². The largest absolute Gasteiger partial charge is 0.352 e. The minimum absolute atomic E-state index is 0.0406. The number of halogens is 2. The van der Waals surface area contributed by atoms with Crippen LogP contribution in [0.3, 0.4) is 0 Å². The quantitative estimate of drug-likeness (QED) is 0.186. The molecule has 1 unspecified atom stereocenters. The van der Waals surface area contributed by atoms with E-state index in [0.29, 0.717) is 21.3 Å². The van der Waals surface area contributed by atoms with E-state index in [4.69, 9.17) is 23.2 Å². The zero-order valence-electron chi connectivity index (χ0n) is 24.8. The topological polar surface area (TPSA) is 86.8 Å². The van der Waals surface area contributed by atoms with Gasteiger partial charge in [-0.2, -0.15) is 0 Å². The lowest BCUT2D eigenvalue weighted by atomic mass is 10.0. The number of para-hydroxylation sites is 1. The fourth-order valence-electron chi connectivity index (χ4n) is 4.75. The van der Waals surface area contributed by atoms with E-state index in [-0.39, 0.29) is 29.8 Å². The first-order chi connectivity index (χ1) is 21.0. The number of rotatable bonds is 12. The first-order valence-corrected chi connectivity index (χ1v) is 16.4. The molecule has 1 atom stereocenters. The van der Waals surface area contributed by atoms with Crippen molar-refractivity contribution >= 4 is 50.7 Å². The van der Waals surface area contributed by atoms with Crippen molar-refractivity contribution in [1.82, 2.24) is 10.2 Å². The Labute approximate surface area is 269 Å². The molecule has 0 saturated carbocycles. The summed E-state index contributed by atoms with van der Waals surface area (Å²) < 4.78 is 29.2. The predicted octanol–water partition coefficient (Wildman–Crippen LogP) is 6.66. The van der Waals surface area contributed by atoms with E-state index < -0.39 is 28.5 Å². The highest BCUT2D eigenvalue weighted by molar-refractivity contribution is 7.92. The zero-order chi connectivity index (χ0) is 31.9. The first-order valence-electron chi connectivity index (χ1n) is 14.2. The highest BCUT2D eigenvalue weighted by Gasteiger charge is 2.35. The normalized spacial score (nSPS) is 12.0. The highest BCUT2D eigenvalue weighted by atomic mass is 35.5. The molecule has 0 aromatic heterocycles. The molecular formula is C34H35Cl2N3O4S. The summed E-state index contributed by atoms with van der Waals surface area (Å²) in [6.07, 6.45) is 0.184. The van der Waals surface area contributed by atoms with Gasteiger partial charge in [0.25, 0.3) is 10.0 Å². The number of amides is 2. The van der Waals surface area contributed by atoms with Crippen molar-refractivity contribution in [1.29, 1.82) is 0 Å². The SMILES string of the molecule is Cc1ccc(S(=O)(=O)N(CC(=O)N(Cc2c(Cl)cccc2Cl)C(Cc2ccccc2)C(=O)NC(C)C)c2ccccc2)cc1. The molecule has 0 bridgehead atoms. The van der Waals surface area contributed by atoms with Gasteiger partial charge in [-0.05, 0) is 62.7 Å². The van der Waals surface area contributed by atoms with Gasteiger partial charge in [0.15, 0.2) is 0 Å². The van der Waals surface area contributed by atoms with Gasteiger partial charge in [-0.25, -0.2) is 8.42 Å². The molecule has 4 aromatic rings. The van der Waals surface area contributed by atoms with Gasteiger partial charge in [-0.1, -0.05) is 95.5 Å². The van der Waals surface area contributed by atoms with E-state index in [1.807, 2.05) is 51.1 Å². The van der Waals surface area contributed by atoms with E-state index in [0.717, 1.165) is 15.4 Å².